The summed E-state index contributed by atoms with van der Waals surface area (Å²) in [6.07, 6.45) is -3.46. The van der Waals surface area contributed by atoms with Crippen molar-refractivity contribution >= 4 is 17.1 Å². The summed E-state index contributed by atoms with van der Waals surface area (Å²) in [6, 6.07) is 27.8. The summed E-state index contributed by atoms with van der Waals surface area (Å²) in [7, 11) is 0. The van der Waals surface area contributed by atoms with Gasteiger partial charge in [0.1, 0.15) is 11.9 Å². The Morgan fingerprint density at radius 3 is 2.26 bits per heavy atom. The van der Waals surface area contributed by atoms with E-state index in [2.05, 4.69) is 4.99 Å². The van der Waals surface area contributed by atoms with Gasteiger partial charge in [-0.25, -0.2) is 4.39 Å². The van der Waals surface area contributed by atoms with Crippen LogP contribution >= 0.6 is 0 Å². The van der Waals surface area contributed by atoms with Gasteiger partial charge < -0.3 is 9.67 Å². The van der Waals surface area contributed by atoms with E-state index in [1.54, 1.807) is 30.3 Å². The molecule has 0 aliphatic carbocycles. The second-order valence-corrected chi connectivity index (χ2v) is 9.47. The van der Waals surface area contributed by atoms with Gasteiger partial charge in [0.15, 0.2) is 0 Å². The topological polar surface area (TPSA) is 37.5 Å². The predicted molar refractivity (Wildman–Crippen MR) is 140 cm³/mol. The zero-order chi connectivity index (χ0) is 26.5. The van der Waals surface area contributed by atoms with E-state index in [0.717, 1.165) is 16.5 Å². The molecule has 2 atom stereocenters. The molecule has 1 aliphatic rings. The van der Waals surface area contributed by atoms with Crippen molar-refractivity contribution in [3.8, 4) is 11.3 Å². The lowest BCUT2D eigenvalue weighted by atomic mass is 9.88. The summed E-state index contributed by atoms with van der Waals surface area (Å²) in [5.74, 6) is -0.381. The number of halogens is 4. The molecule has 0 saturated heterocycles. The largest absolute Gasteiger partial charge is 0.423 e. The van der Waals surface area contributed by atoms with Crippen LogP contribution in [-0.2, 0) is 12.1 Å². The second-order valence-electron chi connectivity index (χ2n) is 9.47. The predicted octanol–water partition coefficient (Wildman–Crippen LogP) is 7.42. The van der Waals surface area contributed by atoms with Crippen LogP contribution in [0.5, 0.6) is 0 Å². The molecule has 0 amide bonds. The van der Waals surface area contributed by atoms with Gasteiger partial charge in [0.05, 0.1) is 6.54 Å². The van der Waals surface area contributed by atoms with E-state index in [-0.39, 0.29) is 11.4 Å². The normalized spacial score (nSPS) is 16.5. The molecule has 1 aliphatic heterocycles. The third-order valence-corrected chi connectivity index (χ3v) is 7.14. The molecular weight excluding hydrogens is 492 g/mol. The fraction of sp³-hybridized carbons (Fsp3) is 0.129. The quantitative estimate of drug-likeness (QED) is 0.244. The van der Waals surface area contributed by atoms with Crippen LogP contribution in [0.3, 0.4) is 0 Å². The van der Waals surface area contributed by atoms with Gasteiger partial charge in [0.25, 0.3) is 0 Å². The van der Waals surface area contributed by atoms with Crippen LogP contribution in [-0.4, -0.2) is 22.1 Å². The highest BCUT2D eigenvalue weighted by Crippen LogP contribution is 2.44. The van der Waals surface area contributed by atoms with Gasteiger partial charge in [0.2, 0.25) is 5.60 Å². The Morgan fingerprint density at radius 2 is 1.53 bits per heavy atom. The summed E-state index contributed by atoms with van der Waals surface area (Å²) >= 11 is 0. The van der Waals surface area contributed by atoms with Gasteiger partial charge in [-0.15, -0.1) is 0 Å². The number of nitrogens with zero attached hydrogens (tertiary/aromatic N) is 2. The number of fused-ring (bicyclic) bond motifs is 2. The minimum absolute atomic E-state index is 0.272. The van der Waals surface area contributed by atoms with E-state index in [4.69, 9.17) is 0 Å². The number of hydrogen-bond acceptors (Lipinski definition) is 2. The van der Waals surface area contributed by atoms with Crippen LogP contribution < -0.4 is 0 Å². The maximum absolute atomic E-state index is 14.7. The van der Waals surface area contributed by atoms with E-state index < -0.39 is 24.4 Å². The number of alkyl halides is 3. The van der Waals surface area contributed by atoms with Crippen molar-refractivity contribution in [3.63, 3.8) is 0 Å². The summed E-state index contributed by atoms with van der Waals surface area (Å²) in [5, 5.41) is 12.2. The standard InChI is InChI=1S/C31H22F4N2O/c32-25-13-10-21(11-14-25)29-26-15-12-24(16-23(26)18-36-29)30(38,31(33,34)35)19-37-27-9-5-4-8-22(27)17-28(37)20-6-2-1-3-7-20/h1-18,29,38H,19H2. The van der Waals surface area contributed by atoms with Gasteiger partial charge in [-0.2, -0.15) is 13.2 Å². The number of benzene rings is 4. The third kappa shape index (κ3) is 4.00. The number of aliphatic imine (C=N–C) groups is 1. The fourth-order valence-corrected chi connectivity index (χ4v) is 5.14. The lowest BCUT2D eigenvalue weighted by Crippen LogP contribution is -2.46. The minimum atomic E-state index is -4.97. The SMILES string of the molecule is OC(Cn1c(-c2ccccc2)cc2ccccc21)(c1ccc2c(c1)C=NC2c1ccc(F)cc1)C(F)(F)F. The first-order valence-electron chi connectivity index (χ1n) is 12.1. The molecule has 3 nitrogen and oxygen atoms in total. The van der Waals surface area contributed by atoms with Crippen LogP contribution in [0.4, 0.5) is 17.6 Å². The van der Waals surface area contributed by atoms with Crippen molar-refractivity contribution in [1.29, 1.82) is 0 Å². The molecule has 7 heteroatoms. The molecule has 4 aromatic carbocycles. The van der Waals surface area contributed by atoms with Gasteiger partial charge in [-0.3, -0.25) is 4.99 Å². The monoisotopic (exact) mass is 514 g/mol. The summed E-state index contributed by atoms with van der Waals surface area (Å²) in [6.45, 7) is -0.731. The molecule has 0 spiro atoms. The molecule has 0 radical (unpaired) electrons. The van der Waals surface area contributed by atoms with Gasteiger partial charge in [-0.05, 0) is 58.1 Å². The van der Waals surface area contributed by atoms with Gasteiger partial charge in [0, 0.05) is 22.8 Å². The number of para-hydroxylation sites is 1. The first-order chi connectivity index (χ1) is 18.2. The average Bonchev–Trinajstić information content (AvgIpc) is 3.50. The van der Waals surface area contributed by atoms with Crippen molar-refractivity contribution in [2.75, 3.05) is 0 Å². The Bertz CT molecular complexity index is 1660. The highest BCUT2D eigenvalue weighted by atomic mass is 19.4. The first-order valence-corrected chi connectivity index (χ1v) is 12.1. The molecule has 1 aromatic heterocycles. The lowest BCUT2D eigenvalue weighted by molar-refractivity contribution is -0.271. The number of aromatic nitrogens is 1. The highest BCUT2D eigenvalue weighted by molar-refractivity contribution is 5.88. The van der Waals surface area contributed by atoms with Crippen molar-refractivity contribution in [2.24, 2.45) is 4.99 Å². The second kappa shape index (κ2) is 8.96. The molecule has 0 saturated carbocycles. The molecular formula is C31H22F4N2O. The van der Waals surface area contributed by atoms with Crippen LogP contribution in [0, 0.1) is 5.82 Å². The lowest BCUT2D eigenvalue weighted by Gasteiger charge is -2.33. The van der Waals surface area contributed by atoms with Crippen molar-refractivity contribution < 1.29 is 22.7 Å². The Hall–Kier alpha value is -4.23. The van der Waals surface area contributed by atoms with E-state index in [0.29, 0.717) is 22.3 Å². The Labute approximate surface area is 216 Å². The Morgan fingerprint density at radius 1 is 0.816 bits per heavy atom. The Kier molecular flexibility index (Phi) is 5.69. The van der Waals surface area contributed by atoms with Crippen molar-refractivity contribution in [2.45, 2.75) is 24.4 Å². The Balaban J connectivity index is 1.45. The van der Waals surface area contributed by atoms with Crippen LogP contribution in [0.15, 0.2) is 108 Å². The molecule has 0 bridgehead atoms. The number of rotatable bonds is 5. The highest BCUT2D eigenvalue weighted by Gasteiger charge is 2.55. The van der Waals surface area contributed by atoms with Gasteiger partial charge >= 0.3 is 6.18 Å². The minimum Gasteiger partial charge on any atom is -0.375 e. The first kappa shape index (κ1) is 24.1. The average molecular weight is 515 g/mol. The van der Waals surface area contributed by atoms with Crippen molar-refractivity contribution in [1.82, 2.24) is 4.57 Å². The zero-order valence-corrected chi connectivity index (χ0v) is 20.0. The maximum atomic E-state index is 14.7. The maximum Gasteiger partial charge on any atom is 0.423 e. The smallest absolute Gasteiger partial charge is 0.375 e. The van der Waals surface area contributed by atoms with E-state index >= 15 is 0 Å². The van der Waals surface area contributed by atoms with E-state index in [1.807, 2.05) is 48.5 Å². The molecule has 2 unspecified atom stereocenters. The number of aliphatic hydroxyl groups is 1. The van der Waals surface area contributed by atoms with E-state index in [9.17, 15) is 22.7 Å². The molecule has 1 N–H and O–H groups in total. The molecule has 6 rings (SSSR count). The number of hydrogen-bond donors (Lipinski definition) is 1. The molecule has 2 heterocycles. The summed E-state index contributed by atoms with van der Waals surface area (Å²) < 4.78 is 59.1. The molecule has 5 aromatic rings. The zero-order valence-electron chi connectivity index (χ0n) is 20.0. The van der Waals surface area contributed by atoms with Gasteiger partial charge in [-0.1, -0.05) is 72.8 Å². The van der Waals surface area contributed by atoms with Crippen molar-refractivity contribution in [3.05, 3.63) is 131 Å². The van der Waals surface area contributed by atoms with E-state index in [1.165, 1.54) is 35.0 Å². The molecule has 190 valence electrons. The van der Waals surface area contributed by atoms with Crippen LogP contribution in [0.25, 0.3) is 22.2 Å². The van der Waals surface area contributed by atoms with Crippen LogP contribution in [0.1, 0.15) is 28.3 Å². The third-order valence-electron chi connectivity index (χ3n) is 7.14. The molecule has 38 heavy (non-hydrogen) atoms. The fourth-order valence-electron chi connectivity index (χ4n) is 5.14. The summed E-state index contributed by atoms with van der Waals surface area (Å²) in [5.41, 5.74) is 0.382. The summed E-state index contributed by atoms with van der Waals surface area (Å²) in [4.78, 5) is 4.44. The molecule has 0 fully saturated rings. The van der Waals surface area contributed by atoms with Crippen LogP contribution in [0.2, 0.25) is 0 Å².